The minimum absolute atomic E-state index is 0.0986. The summed E-state index contributed by atoms with van der Waals surface area (Å²) in [4.78, 5) is 11.1. The lowest BCUT2D eigenvalue weighted by atomic mass is 10.1. The number of nitrogens with zero attached hydrogens (tertiary/aromatic N) is 3. The number of aromatic nitrogens is 3. The van der Waals surface area contributed by atoms with Crippen LogP contribution in [0.2, 0.25) is 0 Å². The Morgan fingerprint density at radius 2 is 2.00 bits per heavy atom. The van der Waals surface area contributed by atoms with Crippen LogP contribution >= 0.6 is 0 Å². The molecule has 106 valence electrons. The van der Waals surface area contributed by atoms with Crippen molar-refractivity contribution in [3.63, 3.8) is 0 Å². The first-order valence-electron chi connectivity index (χ1n) is 6.77. The van der Waals surface area contributed by atoms with Gasteiger partial charge in [-0.05, 0) is 37.1 Å². The molecule has 5 nitrogen and oxygen atoms in total. The number of fused-ring (bicyclic) bond motifs is 1. The molecule has 1 aromatic heterocycles. The lowest BCUT2D eigenvalue weighted by Crippen LogP contribution is -2.10. The molecule has 1 heterocycles. The molecule has 1 atom stereocenters. The van der Waals surface area contributed by atoms with Crippen LogP contribution in [0.3, 0.4) is 0 Å². The predicted octanol–water partition coefficient (Wildman–Crippen LogP) is 2.93. The molecule has 0 fully saturated rings. The zero-order valence-corrected chi connectivity index (χ0v) is 11.6. The lowest BCUT2D eigenvalue weighted by molar-refractivity contribution is 0.0697. The third-order valence-corrected chi connectivity index (χ3v) is 3.51. The van der Waals surface area contributed by atoms with Crippen LogP contribution in [0.5, 0.6) is 0 Å². The maximum absolute atomic E-state index is 11.1. The second kappa shape index (κ2) is 5.36. The van der Waals surface area contributed by atoms with Gasteiger partial charge < -0.3 is 5.11 Å². The molecule has 0 saturated heterocycles. The Bertz CT molecular complexity index is 781. The predicted molar refractivity (Wildman–Crippen MR) is 79.3 cm³/mol. The molecular weight excluding hydrogens is 266 g/mol. The number of hydrogen-bond donors (Lipinski definition) is 1. The smallest absolute Gasteiger partial charge is 0.335 e. The maximum Gasteiger partial charge on any atom is 0.335 e. The van der Waals surface area contributed by atoms with E-state index < -0.39 is 5.97 Å². The molecule has 1 N–H and O–H groups in total. The average Bonchev–Trinajstić information content (AvgIpc) is 2.91. The van der Waals surface area contributed by atoms with Crippen LogP contribution in [-0.4, -0.2) is 26.1 Å². The number of carbonyl (C=O) groups is 1. The number of hydrogen-bond acceptors (Lipinski definition) is 3. The van der Waals surface area contributed by atoms with Crippen molar-refractivity contribution in [3.8, 4) is 0 Å². The molecule has 0 aliphatic carbocycles. The second-order valence-electron chi connectivity index (χ2n) is 5.08. The van der Waals surface area contributed by atoms with Crippen molar-refractivity contribution < 1.29 is 9.90 Å². The Kier molecular flexibility index (Phi) is 3.39. The molecule has 21 heavy (non-hydrogen) atoms. The van der Waals surface area contributed by atoms with E-state index in [4.69, 9.17) is 5.11 Å². The summed E-state index contributed by atoms with van der Waals surface area (Å²) in [5.41, 5.74) is 2.92. The molecule has 0 bridgehead atoms. The molecule has 0 aliphatic rings. The van der Waals surface area contributed by atoms with Gasteiger partial charge in [0.25, 0.3) is 0 Å². The number of rotatable bonds is 4. The van der Waals surface area contributed by atoms with E-state index in [-0.39, 0.29) is 11.6 Å². The van der Waals surface area contributed by atoms with Crippen molar-refractivity contribution in [3.05, 3.63) is 59.7 Å². The monoisotopic (exact) mass is 281 g/mol. The fourth-order valence-corrected chi connectivity index (χ4v) is 2.44. The molecule has 0 saturated carbocycles. The molecule has 0 amide bonds. The van der Waals surface area contributed by atoms with Crippen LogP contribution in [-0.2, 0) is 6.42 Å². The van der Waals surface area contributed by atoms with Crippen molar-refractivity contribution >= 4 is 17.0 Å². The van der Waals surface area contributed by atoms with E-state index in [1.165, 1.54) is 5.56 Å². The number of benzene rings is 2. The number of aromatic carboxylic acids is 1. The third kappa shape index (κ3) is 2.63. The van der Waals surface area contributed by atoms with Gasteiger partial charge >= 0.3 is 5.97 Å². The molecule has 0 aliphatic heterocycles. The maximum atomic E-state index is 11.1. The van der Waals surface area contributed by atoms with Gasteiger partial charge in [-0.2, -0.15) is 0 Å². The fraction of sp³-hybridized carbons (Fsp3) is 0.188. The van der Waals surface area contributed by atoms with Crippen molar-refractivity contribution in [1.82, 2.24) is 15.0 Å². The standard InChI is InChI=1S/C16H15N3O2/c1-11(9-12-5-3-2-4-6-12)19-15-10-13(16(20)21)7-8-14(15)17-18-19/h2-8,10-11H,9H2,1H3,(H,20,21). The van der Waals surface area contributed by atoms with Crippen molar-refractivity contribution in [2.45, 2.75) is 19.4 Å². The third-order valence-electron chi connectivity index (χ3n) is 3.51. The van der Waals surface area contributed by atoms with Crippen LogP contribution < -0.4 is 0 Å². The van der Waals surface area contributed by atoms with Gasteiger partial charge in [-0.25, -0.2) is 9.48 Å². The summed E-state index contributed by atoms with van der Waals surface area (Å²) in [6, 6.07) is 15.1. The zero-order chi connectivity index (χ0) is 14.8. The van der Waals surface area contributed by atoms with Crippen LogP contribution in [0.15, 0.2) is 48.5 Å². The minimum atomic E-state index is -0.944. The molecule has 0 radical (unpaired) electrons. The van der Waals surface area contributed by atoms with E-state index in [1.807, 2.05) is 18.2 Å². The van der Waals surface area contributed by atoms with E-state index in [1.54, 1.807) is 22.9 Å². The first-order valence-corrected chi connectivity index (χ1v) is 6.77. The fourth-order valence-electron chi connectivity index (χ4n) is 2.44. The number of carboxylic acids is 1. The highest BCUT2D eigenvalue weighted by Crippen LogP contribution is 2.20. The first kappa shape index (κ1) is 13.3. The highest BCUT2D eigenvalue weighted by atomic mass is 16.4. The second-order valence-corrected chi connectivity index (χ2v) is 5.08. The van der Waals surface area contributed by atoms with E-state index in [2.05, 4.69) is 29.4 Å². The van der Waals surface area contributed by atoms with Gasteiger partial charge in [0.05, 0.1) is 17.1 Å². The summed E-state index contributed by atoms with van der Waals surface area (Å²) in [5, 5.41) is 17.4. The summed E-state index contributed by atoms with van der Waals surface area (Å²) in [6.45, 7) is 2.05. The topological polar surface area (TPSA) is 68.0 Å². The summed E-state index contributed by atoms with van der Waals surface area (Å²) in [6.07, 6.45) is 0.816. The van der Waals surface area contributed by atoms with Crippen LogP contribution in [0.25, 0.3) is 11.0 Å². The minimum Gasteiger partial charge on any atom is -0.478 e. The molecule has 0 spiro atoms. The molecular formula is C16H15N3O2. The summed E-state index contributed by atoms with van der Waals surface area (Å²) in [5.74, 6) is -0.944. The van der Waals surface area contributed by atoms with Gasteiger partial charge in [0.1, 0.15) is 5.52 Å². The Morgan fingerprint density at radius 1 is 1.24 bits per heavy atom. The first-order chi connectivity index (χ1) is 10.1. The summed E-state index contributed by atoms with van der Waals surface area (Å²) < 4.78 is 1.79. The van der Waals surface area contributed by atoms with Gasteiger partial charge in [-0.3, -0.25) is 0 Å². The average molecular weight is 281 g/mol. The Balaban J connectivity index is 1.96. The van der Waals surface area contributed by atoms with Gasteiger partial charge in [0, 0.05) is 0 Å². The lowest BCUT2D eigenvalue weighted by Gasteiger charge is -2.12. The van der Waals surface area contributed by atoms with Crippen LogP contribution in [0.1, 0.15) is 28.9 Å². The van der Waals surface area contributed by atoms with Gasteiger partial charge in [0.15, 0.2) is 0 Å². The summed E-state index contributed by atoms with van der Waals surface area (Å²) in [7, 11) is 0. The van der Waals surface area contributed by atoms with Gasteiger partial charge in [0.2, 0.25) is 0 Å². The van der Waals surface area contributed by atoms with Crippen molar-refractivity contribution in [1.29, 1.82) is 0 Å². The highest BCUT2D eigenvalue weighted by Gasteiger charge is 2.14. The van der Waals surface area contributed by atoms with Gasteiger partial charge in [-0.1, -0.05) is 35.5 Å². The van der Waals surface area contributed by atoms with E-state index in [9.17, 15) is 4.79 Å². The van der Waals surface area contributed by atoms with E-state index >= 15 is 0 Å². The molecule has 5 heteroatoms. The van der Waals surface area contributed by atoms with Crippen molar-refractivity contribution in [2.24, 2.45) is 0 Å². The largest absolute Gasteiger partial charge is 0.478 e. The molecule has 1 unspecified atom stereocenters. The van der Waals surface area contributed by atoms with Crippen LogP contribution in [0, 0.1) is 0 Å². The van der Waals surface area contributed by atoms with Crippen molar-refractivity contribution in [2.75, 3.05) is 0 Å². The number of carboxylic acid groups (broad SMARTS) is 1. The summed E-state index contributed by atoms with van der Waals surface area (Å²) >= 11 is 0. The Morgan fingerprint density at radius 3 is 2.71 bits per heavy atom. The quantitative estimate of drug-likeness (QED) is 0.798. The molecule has 3 rings (SSSR count). The zero-order valence-electron chi connectivity index (χ0n) is 11.6. The molecule has 2 aromatic carbocycles. The SMILES string of the molecule is CC(Cc1ccccc1)n1nnc2ccc(C(=O)O)cc21. The van der Waals surface area contributed by atoms with E-state index in [0.717, 1.165) is 11.9 Å². The molecule has 3 aromatic rings. The van der Waals surface area contributed by atoms with Gasteiger partial charge in [-0.15, -0.1) is 5.10 Å². The Hall–Kier alpha value is -2.69. The highest BCUT2D eigenvalue weighted by molar-refractivity contribution is 5.92. The normalized spacial score (nSPS) is 12.4. The van der Waals surface area contributed by atoms with E-state index in [0.29, 0.717) is 5.52 Å². The Labute approximate surface area is 121 Å². The van der Waals surface area contributed by atoms with Crippen LogP contribution in [0.4, 0.5) is 0 Å².